The first-order valence-corrected chi connectivity index (χ1v) is 9.75. The number of amides is 1. The zero-order chi connectivity index (χ0) is 21.6. The van der Waals surface area contributed by atoms with Gasteiger partial charge < -0.3 is 9.80 Å². The van der Waals surface area contributed by atoms with Crippen LogP contribution in [0.4, 0.5) is 24.5 Å². The standard InChI is InChI=1S/C22H23F3N4O/c23-22(24,25)18-6-4-9-20(16-18)28-14-12-27(13-15-28)17-21(30)29(11-5-10-26)19-7-2-1-3-8-19/h1-4,6-9,16H,5,11-15,17H2. The number of para-hydroxylation sites is 1. The van der Waals surface area contributed by atoms with Gasteiger partial charge in [0.2, 0.25) is 5.91 Å². The maximum Gasteiger partial charge on any atom is 0.416 e. The molecule has 5 nitrogen and oxygen atoms in total. The Morgan fingerprint density at radius 2 is 1.73 bits per heavy atom. The van der Waals surface area contributed by atoms with Crippen molar-refractivity contribution in [1.29, 1.82) is 5.26 Å². The zero-order valence-corrected chi connectivity index (χ0v) is 16.5. The Morgan fingerprint density at radius 3 is 2.37 bits per heavy atom. The van der Waals surface area contributed by atoms with Gasteiger partial charge in [-0.15, -0.1) is 0 Å². The van der Waals surface area contributed by atoms with E-state index in [1.54, 1.807) is 11.0 Å². The van der Waals surface area contributed by atoms with Crippen molar-refractivity contribution in [2.45, 2.75) is 12.6 Å². The molecule has 8 heteroatoms. The molecule has 2 aromatic rings. The first-order valence-electron chi connectivity index (χ1n) is 9.75. The molecule has 1 aliphatic rings. The molecule has 1 fully saturated rings. The van der Waals surface area contributed by atoms with Gasteiger partial charge >= 0.3 is 6.18 Å². The fourth-order valence-electron chi connectivity index (χ4n) is 3.49. The van der Waals surface area contributed by atoms with E-state index in [0.717, 1.165) is 11.8 Å². The normalized spacial score (nSPS) is 14.9. The molecule has 0 aliphatic carbocycles. The summed E-state index contributed by atoms with van der Waals surface area (Å²) < 4.78 is 38.9. The Bertz CT molecular complexity index is 887. The molecule has 1 aliphatic heterocycles. The smallest absolute Gasteiger partial charge is 0.369 e. The summed E-state index contributed by atoms with van der Waals surface area (Å²) in [5.41, 5.74) is 0.629. The highest BCUT2D eigenvalue weighted by Gasteiger charge is 2.31. The van der Waals surface area contributed by atoms with E-state index in [4.69, 9.17) is 5.26 Å². The van der Waals surface area contributed by atoms with E-state index in [9.17, 15) is 18.0 Å². The van der Waals surface area contributed by atoms with Gasteiger partial charge in [0, 0.05) is 44.1 Å². The predicted molar refractivity (Wildman–Crippen MR) is 109 cm³/mol. The molecule has 2 aromatic carbocycles. The van der Waals surface area contributed by atoms with Crippen molar-refractivity contribution in [3.8, 4) is 6.07 Å². The topological polar surface area (TPSA) is 50.6 Å². The summed E-state index contributed by atoms with van der Waals surface area (Å²) in [6, 6.07) is 16.6. The van der Waals surface area contributed by atoms with E-state index in [1.807, 2.05) is 40.1 Å². The van der Waals surface area contributed by atoms with Crippen molar-refractivity contribution in [2.75, 3.05) is 49.1 Å². The van der Waals surface area contributed by atoms with Crippen LogP contribution in [0.25, 0.3) is 0 Å². The molecule has 0 spiro atoms. The minimum Gasteiger partial charge on any atom is -0.369 e. The predicted octanol–water partition coefficient (Wildman–Crippen LogP) is 3.77. The van der Waals surface area contributed by atoms with Crippen LogP contribution in [0.15, 0.2) is 54.6 Å². The highest BCUT2D eigenvalue weighted by atomic mass is 19.4. The molecule has 0 saturated carbocycles. The highest BCUT2D eigenvalue weighted by Crippen LogP contribution is 2.31. The van der Waals surface area contributed by atoms with Crippen molar-refractivity contribution < 1.29 is 18.0 Å². The Kier molecular flexibility index (Phi) is 6.95. The second-order valence-corrected chi connectivity index (χ2v) is 7.10. The van der Waals surface area contributed by atoms with Gasteiger partial charge in [0.1, 0.15) is 0 Å². The van der Waals surface area contributed by atoms with Crippen LogP contribution in [-0.2, 0) is 11.0 Å². The number of piperazine rings is 1. The first kappa shape index (κ1) is 21.7. The van der Waals surface area contributed by atoms with Gasteiger partial charge in [0.15, 0.2) is 0 Å². The number of hydrogen-bond acceptors (Lipinski definition) is 4. The maximum atomic E-state index is 13.0. The summed E-state index contributed by atoms with van der Waals surface area (Å²) >= 11 is 0. The quantitative estimate of drug-likeness (QED) is 0.719. The summed E-state index contributed by atoms with van der Waals surface area (Å²) in [4.78, 5) is 18.4. The number of nitrogens with zero attached hydrogens (tertiary/aromatic N) is 4. The van der Waals surface area contributed by atoms with E-state index >= 15 is 0 Å². The van der Waals surface area contributed by atoms with Crippen LogP contribution in [-0.4, -0.2) is 50.1 Å². The van der Waals surface area contributed by atoms with E-state index in [0.29, 0.717) is 38.4 Å². The molecule has 0 N–H and O–H groups in total. The number of alkyl halides is 3. The van der Waals surface area contributed by atoms with E-state index in [-0.39, 0.29) is 18.9 Å². The lowest BCUT2D eigenvalue weighted by Crippen LogP contribution is -2.50. The molecule has 1 heterocycles. The number of hydrogen-bond donors (Lipinski definition) is 0. The number of carbonyl (C=O) groups excluding carboxylic acids is 1. The Morgan fingerprint density at radius 1 is 1.03 bits per heavy atom. The van der Waals surface area contributed by atoms with Crippen LogP contribution in [0.2, 0.25) is 0 Å². The van der Waals surface area contributed by atoms with Gasteiger partial charge in [-0.3, -0.25) is 9.69 Å². The number of halogens is 3. The van der Waals surface area contributed by atoms with Gasteiger partial charge in [-0.25, -0.2) is 0 Å². The third-order valence-corrected chi connectivity index (χ3v) is 5.09. The van der Waals surface area contributed by atoms with E-state index < -0.39 is 11.7 Å². The van der Waals surface area contributed by atoms with Crippen molar-refractivity contribution in [3.63, 3.8) is 0 Å². The number of rotatable bonds is 6. The summed E-state index contributed by atoms with van der Waals surface area (Å²) in [6.45, 7) is 2.75. The lowest BCUT2D eigenvalue weighted by atomic mass is 10.1. The van der Waals surface area contributed by atoms with Crippen LogP contribution >= 0.6 is 0 Å². The lowest BCUT2D eigenvalue weighted by molar-refractivity contribution is -0.137. The molecule has 1 saturated heterocycles. The number of benzene rings is 2. The minimum atomic E-state index is -4.37. The Labute approximate surface area is 173 Å². The molecule has 0 unspecified atom stereocenters. The van der Waals surface area contributed by atoms with Crippen molar-refractivity contribution >= 4 is 17.3 Å². The summed E-state index contributed by atoms with van der Waals surface area (Å²) in [6.07, 6.45) is -4.13. The van der Waals surface area contributed by atoms with Crippen molar-refractivity contribution in [1.82, 2.24) is 4.90 Å². The van der Waals surface area contributed by atoms with Crippen LogP contribution in [0.1, 0.15) is 12.0 Å². The average molecular weight is 416 g/mol. The SMILES string of the molecule is N#CCCN(C(=O)CN1CCN(c2cccc(C(F)(F)F)c2)CC1)c1ccccc1. The van der Waals surface area contributed by atoms with Gasteiger partial charge in [-0.2, -0.15) is 18.4 Å². The van der Waals surface area contributed by atoms with Crippen LogP contribution in [0.5, 0.6) is 0 Å². The van der Waals surface area contributed by atoms with Crippen LogP contribution in [0.3, 0.4) is 0 Å². The third kappa shape index (κ3) is 5.51. The summed E-state index contributed by atoms with van der Waals surface area (Å²) in [5, 5.41) is 8.90. The van der Waals surface area contributed by atoms with Crippen molar-refractivity contribution in [3.05, 3.63) is 60.2 Å². The van der Waals surface area contributed by atoms with Crippen LogP contribution < -0.4 is 9.80 Å². The summed E-state index contributed by atoms with van der Waals surface area (Å²) in [5.74, 6) is -0.0935. The molecule has 30 heavy (non-hydrogen) atoms. The van der Waals surface area contributed by atoms with E-state index in [1.165, 1.54) is 12.1 Å². The Balaban J connectivity index is 1.60. The lowest BCUT2D eigenvalue weighted by Gasteiger charge is -2.36. The summed E-state index contributed by atoms with van der Waals surface area (Å²) in [7, 11) is 0. The molecule has 3 rings (SSSR count). The van der Waals surface area contributed by atoms with Gasteiger partial charge in [-0.1, -0.05) is 24.3 Å². The second kappa shape index (κ2) is 9.63. The largest absolute Gasteiger partial charge is 0.416 e. The Hall–Kier alpha value is -3.05. The molecule has 158 valence electrons. The molecular formula is C22H23F3N4O. The maximum absolute atomic E-state index is 13.0. The van der Waals surface area contributed by atoms with Gasteiger partial charge in [0.05, 0.1) is 24.6 Å². The van der Waals surface area contributed by atoms with E-state index in [2.05, 4.69) is 6.07 Å². The fourth-order valence-corrected chi connectivity index (χ4v) is 3.49. The third-order valence-electron chi connectivity index (χ3n) is 5.09. The molecular weight excluding hydrogens is 393 g/mol. The van der Waals surface area contributed by atoms with Crippen molar-refractivity contribution in [2.24, 2.45) is 0 Å². The number of carbonyl (C=O) groups is 1. The molecule has 0 aromatic heterocycles. The molecule has 0 radical (unpaired) electrons. The number of anilines is 2. The van der Waals surface area contributed by atoms with Gasteiger partial charge in [0.25, 0.3) is 0 Å². The molecule has 0 atom stereocenters. The average Bonchev–Trinajstić information content (AvgIpc) is 2.75. The minimum absolute atomic E-state index is 0.0935. The zero-order valence-electron chi connectivity index (χ0n) is 16.5. The highest BCUT2D eigenvalue weighted by molar-refractivity contribution is 5.94. The monoisotopic (exact) mass is 416 g/mol. The van der Waals surface area contributed by atoms with Crippen LogP contribution in [0, 0.1) is 11.3 Å². The van der Waals surface area contributed by atoms with Gasteiger partial charge in [-0.05, 0) is 30.3 Å². The second-order valence-electron chi connectivity index (χ2n) is 7.10. The fraction of sp³-hybridized carbons (Fsp3) is 0.364. The molecule has 0 bridgehead atoms. The number of nitriles is 1. The first-order chi connectivity index (χ1) is 14.4. The molecule has 1 amide bonds.